The van der Waals surface area contributed by atoms with Crippen molar-refractivity contribution in [3.63, 3.8) is 0 Å². The van der Waals surface area contributed by atoms with Gasteiger partial charge in [-0.25, -0.2) is 9.50 Å². The summed E-state index contributed by atoms with van der Waals surface area (Å²) in [4.78, 5) is 33.0. The van der Waals surface area contributed by atoms with Crippen molar-refractivity contribution < 1.29 is 4.79 Å². The number of aromatic nitrogens is 6. The maximum Gasteiger partial charge on any atom is 0.264 e. The highest BCUT2D eigenvalue weighted by atomic mass is 16.2. The van der Waals surface area contributed by atoms with Gasteiger partial charge in [0, 0.05) is 36.9 Å². The number of fused-ring (bicyclic) bond motifs is 1. The molecule has 9 nitrogen and oxygen atoms in total. The number of carbonyl (C=O) groups excluding carboxylic acids is 1. The van der Waals surface area contributed by atoms with E-state index in [1.165, 1.54) is 0 Å². The second-order valence-electron chi connectivity index (χ2n) is 11.3. The Labute approximate surface area is 254 Å². The maximum absolute atomic E-state index is 14.7. The number of para-hydroxylation sites is 1. The van der Waals surface area contributed by atoms with Crippen LogP contribution >= 0.6 is 0 Å². The molecule has 7 rings (SSSR count). The molecule has 1 aliphatic carbocycles. The number of nitrogens with zero attached hydrogens (tertiary/aromatic N) is 6. The summed E-state index contributed by atoms with van der Waals surface area (Å²) < 4.78 is 5.09. The van der Waals surface area contributed by atoms with Crippen LogP contribution in [0.25, 0.3) is 22.1 Å². The van der Waals surface area contributed by atoms with Gasteiger partial charge < -0.3 is 5.32 Å². The van der Waals surface area contributed by atoms with Gasteiger partial charge in [-0.3, -0.25) is 18.8 Å². The monoisotopic (exact) mass is 581 g/mol. The molecule has 0 bridgehead atoms. The van der Waals surface area contributed by atoms with Crippen LogP contribution in [0.1, 0.15) is 69.8 Å². The van der Waals surface area contributed by atoms with Gasteiger partial charge in [0.25, 0.3) is 11.5 Å². The largest absolute Gasteiger partial charge is 0.344 e. The average Bonchev–Trinajstić information content (AvgIpc) is 3.52. The minimum absolute atomic E-state index is 0.154. The van der Waals surface area contributed by atoms with E-state index in [4.69, 9.17) is 0 Å². The van der Waals surface area contributed by atoms with Crippen molar-refractivity contribution >= 4 is 22.3 Å². The summed E-state index contributed by atoms with van der Waals surface area (Å²) in [5, 5.41) is 13.5. The van der Waals surface area contributed by atoms with Crippen molar-refractivity contribution in [2.75, 3.05) is 0 Å². The van der Waals surface area contributed by atoms with Crippen molar-refractivity contribution in [2.24, 2.45) is 7.05 Å². The minimum Gasteiger partial charge on any atom is -0.344 e. The van der Waals surface area contributed by atoms with E-state index >= 15 is 0 Å². The predicted octanol–water partition coefficient (Wildman–Crippen LogP) is 4.84. The molecule has 6 aromatic rings. The fourth-order valence-electron chi connectivity index (χ4n) is 6.39. The summed E-state index contributed by atoms with van der Waals surface area (Å²) in [6.45, 7) is 3.75. The minimum atomic E-state index is -0.496. The molecule has 4 aromatic heterocycles. The number of pyridine rings is 1. The fourth-order valence-corrected chi connectivity index (χ4v) is 6.39. The third kappa shape index (κ3) is 4.65. The number of aryl methyl sites for hydroxylation is 4. The number of rotatable bonds is 4. The molecule has 44 heavy (non-hydrogen) atoms. The first-order valence-electron chi connectivity index (χ1n) is 14.8. The molecule has 2 aromatic carbocycles. The zero-order chi connectivity index (χ0) is 30.4. The van der Waals surface area contributed by atoms with Gasteiger partial charge in [0.2, 0.25) is 0 Å². The molecule has 0 saturated heterocycles. The molecule has 218 valence electrons. The molecule has 4 heterocycles. The van der Waals surface area contributed by atoms with Crippen molar-refractivity contribution in [3.8, 4) is 17.5 Å². The molecule has 0 aliphatic heterocycles. The third-order valence-corrected chi connectivity index (χ3v) is 8.30. The molecular weight excluding hydrogens is 550 g/mol. The summed E-state index contributed by atoms with van der Waals surface area (Å²) >= 11 is 0. The van der Waals surface area contributed by atoms with Crippen LogP contribution in [0.15, 0.2) is 78.1 Å². The van der Waals surface area contributed by atoms with Gasteiger partial charge >= 0.3 is 0 Å². The van der Waals surface area contributed by atoms with Crippen LogP contribution in [0.5, 0.6) is 0 Å². The Morgan fingerprint density at radius 2 is 1.84 bits per heavy atom. The molecule has 0 spiro atoms. The van der Waals surface area contributed by atoms with Gasteiger partial charge in [0.05, 0.1) is 34.6 Å². The maximum atomic E-state index is 14.7. The molecule has 0 radical (unpaired) electrons. The van der Waals surface area contributed by atoms with Gasteiger partial charge in [-0.1, -0.05) is 36.1 Å². The second kappa shape index (κ2) is 11.0. The normalized spacial score (nSPS) is 13.3. The Hall–Kier alpha value is -5.49. The van der Waals surface area contributed by atoms with Crippen LogP contribution in [0.4, 0.5) is 0 Å². The Balaban J connectivity index is 1.45. The summed E-state index contributed by atoms with van der Waals surface area (Å²) in [5.74, 6) is 6.19. The first kappa shape index (κ1) is 27.3. The first-order valence-corrected chi connectivity index (χ1v) is 14.8. The van der Waals surface area contributed by atoms with Crippen LogP contribution in [0.3, 0.4) is 0 Å². The quantitative estimate of drug-likeness (QED) is 0.300. The fraction of sp³-hybridized carbons (Fsp3) is 0.229. The molecular formula is C35H31N7O2. The van der Waals surface area contributed by atoms with Crippen molar-refractivity contribution in [1.82, 2.24) is 34.3 Å². The van der Waals surface area contributed by atoms with Crippen LogP contribution in [-0.4, -0.2) is 34.9 Å². The number of amides is 1. The standard InChI is InChI=1S/C35H31N7O2/c1-22-29(33-36-18-9-19-41(33)39-22)34(43)38-23(2)32-28-13-8-7-10-25-16-17-26(15-14-24-20-37-40(3)21-24)31(30(25)28)35(44)42(32)27-11-5-4-6-12-27/h4-6,9,11-12,16-21,23H,7-8,10,13H2,1-3H3,(H,38,43)/t23-/m1/s1. The number of hydrogen-bond acceptors (Lipinski definition) is 5. The molecule has 0 unspecified atom stereocenters. The molecule has 9 heteroatoms. The van der Waals surface area contributed by atoms with E-state index < -0.39 is 6.04 Å². The number of nitrogens with one attached hydrogen (secondary N) is 1. The Bertz CT molecular complexity index is 2200. The van der Waals surface area contributed by atoms with Gasteiger partial charge in [-0.2, -0.15) is 10.2 Å². The Morgan fingerprint density at radius 1 is 1.02 bits per heavy atom. The van der Waals surface area contributed by atoms with Crippen LogP contribution in [-0.2, 0) is 19.9 Å². The Morgan fingerprint density at radius 3 is 2.64 bits per heavy atom. The van der Waals surface area contributed by atoms with E-state index in [2.05, 4.69) is 38.4 Å². The van der Waals surface area contributed by atoms with Gasteiger partial charge in [0.1, 0.15) is 5.56 Å². The van der Waals surface area contributed by atoms with Crippen molar-refractivity contribution in [1.29, 1.82) is 0 Å². The molecule has 1 amide bonds. The van der Waals surface area contributed by atoms with E-state index in [1.807, 2.05) is 56.6 Å². The number of hydrogen-bond donors (Lipinski definition) is 1. The predicted molar refractivity (Wildman–Crippen MR) is 169 cm³/mol. The lowest BCUT2D eigenvalue weighted by atomic mass is 9.92. The van der Waals surface area contributed by atoms with Crippen molar-refractivity contribution in [2.45, 2.75) is 45.6 Å². The molecule has 1 N–H and O–H groups in total. The van der Waals surface area contributed by atoms with E-state index in [0.29, 0.717) is 27.9 Å². The molecule has 1 atom stereocenters. The SMILES string of the molecule is Cc1nn2cccnc2c1C(=O)N[C@H](C)c1c2c3c(ccc(C#Cc4cnn(C)c4)c3c(=O)n1-c1ccccc1)CCCC2. The second-order valence-corrected chi connectivity index (χ2v) is 11.3. The summed E-state index contributed by atoms with van der Waals surface area (Å²) in [6, 6.07) is 15.0. The lowest BCUT2D eigenvalue weighted by molar-refractivity contribution is 0.0939. The first-order chi connectivity index (χ1) is 21.4. The lowest BCUT2D eigenvalue weighted by Crippen LogP contribution is -2.34. The van der Waals surface area contributed by atoms with E-state index in [9.17, 15) is 9.59 Å². The smallest absolute Gasteiger partial charge is 0.264 e. The zero-order valence-electron chi connectivity index (χ0n) is 24.8. The zero-order valence-corrected chi connectivity index (χ0v) is 24.8. The van der Waals surface area contributed by atoms with Gasteiger partial charge in [-0.15, -0.1) is 0 Å². The summed E-state index contributed by atoms with van der Waals surface area (Å²) in [7, 11) is 1.85. The molecule has 0 saturated carbocycles. The van der Waals surface area contributed by atoms with E-state index in [1.54, 1.807) is 45.3 Å². The number of carbonyl (C=O) groups is 1. The lowest BCUT2D eigenvalue weighted by Gasteiger charge is -2.25. The summed E-state index contributed by atoms with van der Waals surface area (Å²) in [6.07, 6.45) is 10.6. The highest BCUT2D eigenvalue weighted by Crippen LogP contribution is 2.35. The van der Waals surface area contributed by atoms with E-state index in [0.717, 1.165) is 59.1 Å². The summed E-state index contributed by atoms with van der Waals surface area (Å²) in [5.41, 5.74) is 6.54. The van der Waals surface area contributed by atoms with Crippen LogP contribution < -0.4 is 10.9 Å². The average molecular weight is 582 g/mol. The molecule has 1 aliphatic rings. The third-order valence-electron chi connectivity index (χ3n) is 8.30. The highest BCUT2D eigenvalue weighted by Gasteiger charge is 2.28. The van der Waals surface area contributed by atoms with Gasteiger partial charge in [0.15, 0.2) is 5.65 Å². The molecule has 0 fully saturated rings. The van der Waals surface area contributed by atoms with Crippen LogP contribution in [0.2, 0.25) is 0 Å². The van der Waals surface area contributed by atoms with E-state index in [-0.39, 0.29) is 11.5 Å². The van der Waals surface area contributed by atoms with Crippen LogP contribution in [0, 0.1) is 18.8 Å². The Kier molecular flexibility index (Phi) is 6.82. The van der Waals surface area contributed by atoms with Gasteiger partial charge in [-0.05, 0) is 80.3 Å². The highest BCUT2D eigenvalue weighted by molar-refractivity contribution is 6.01. The van der Waals surface area contributed by atoms with Crippen molar-refractivity contribution in [3.05, 3.63) is 123 Å². The number of benzene rings is 2. The topological polar surface area (TPSA) is 99.1 Å².